The summed E-state index contributed by atoms with van der Waals surface area (Å²) < 4.78 is 0. The van der Waals surface area contributed by atoms with Crippen LogP contribution in [-0.4, -0.2) is 0 Å². The molecule has 13 heavy (non-hydrogen) atoms. The standard InChI is InChI=1S/C13H24/c1-4-10-13(2,3)11-9-12-7-5-6-8-12/h5,7,12H,4,6,8-11H2,1-3H3. The summed E-state index contributed by atoms with van der Waals surface area (Å²) in [5.74, 6) is 0.899. The lowest BCUT2D eigenvalue weighted by Crippen LogP contribution is -2.12. The topological polar surface area (TPSA) is 0 Å². The van der Waals surface area contributed by atoms with Crippen LogP contribution in [0.25, 0.3) is 0 Å². The van der Waals surface area contributed by atoms with E-state index >= 15 is 0 Å². The highest BCUT2D eigenvalue weighted by Crippen LogP contribution is 2.32. The summed E-state index contributed by atoms with van der Waals surface area (Å²) in [5, 5.41) is 0. The third kappa shape index (κ3) is 3.97. The first-order chi connectivity index (χ1) is 6.14. The minimum Gasteiger partial charge on any atom is -0.0882 e. The van der Waals surface area contributed by atoms with E-state index in [0.29, 0.717) is 5.41 Å². The van der Waals surface area contributed by atoms with Gasteiger partial charge in [0.2, 0.25) is 0 Å². The van der Waals surface area contributed by atoms with E-state index in [9.17, 15) is 0 Å². The molecule has 0 heteroatoms. The van der Waals surface area contributed by atoms with Crippen LogP contribution in [0.1, 0.15) is 59.3 Å². The molecule has 0 saturated heterocycles. The molecule has 1 unspecified atom stereocenters. The zero-order chi connectivity index (χ0) is 9.73. The molecule has 0 aliphatic heterocycles. The zero-order valence-electron chi connectivity index (χ0n) is 9.47. The zero-order valence-corrected chi connectivity index (χ0v) is 9.47. The molecule has 0 saturated carbocycles. The summed E-state index contributed by atoms with van der Waals surface area (Å²) in [5.41, 5.74) is 0.575. The van der Waals surface area contributed by atoms with E-state index < -0.39 is 0 Å². The van der Waals surface area contributed by atoms with Crippen molar-refractivity contribution in [3.05, 3.63) is 12.2 Å². The maximum absolute atomic E-state index is 2.42. The Morgan fingerprint density at radius 1 is 1.31 bits per heavy atom. The van der Waals surface area contributed by atoms with Gasteiger partial charge >= 0.3 is 0 Å². The highest BCUT2D eigenvalue weighted by molar-refractivity contribution is 4.96. The van der Waals surface area contributed by atoms with Crippen LogP contribution in [0, 0.1) is 11.3 Å². The molecule has 0 fully saturated rings. The number of rotatable bonds is 5. The Morgan fingerprint density at radius 2 is 2.08 bits per heavy atom. The van der Waals surface area contributed by atoms with Crippen molar-refractivity contribution >= 4 is 0 Å². The van der Waals surface area contributed by atoms with Gasteiger partial charge in [0.1, 0.15) is 0 Å². The van der Waals surface area contributed by atoms with Gasteiger partial charge in [0.25, 0.3) is 0 Å². The first-order valence-corrected chi connectivity index (χ1v) is 5.81. The molecule has 1 rings (SSSR count). The van der Waals surface area contributed by atoms with E-state index in [0.717, 1.165) is 5.92 Å². The Labute approximate surface area is 83.4 Å². The van der Waals surface area contributed by atoms with Gasteiger partial charge in [-0.1, -0.05) is 39.3 Å². The first kappa shape index (κ1) is 10.8. The van der Waals surface area contributed by atoms with Crippen LogP contribution in [0.2, 0.25) is 0 Å². The average molecular weight is 180 g/mol. The Bertz CT molecular complexity index is 165. The van der Waals surface area contributed by atoms with Gasteiger partial charge in [-0.2, -0.15) is 0 Å². The average Bonchev–Trinajstić information content (AvgIpc) is 2.52. The molecule has 0 bridgehead atoms. The van der Waals surface area contributed by atoms with Crippen molar-refractivity contribution in [2.24, 2.45) is 11.3 Å². The normalized spacial score (nSPS) is 22.5. The summed E-state index contributed by atoms with van der Waals surface area (Å²) in [4.78, 5) is 0. The van der Waals surface area contributed by atoms with Gasteiger partial charge in [-0.3, -0.25) is 0 Å². The fraction of sp³-hybridized carbons (Fsp3) is 0.846. The lowest BCUT2D eigenvalue weighted by Gasteiger charge is -2.25. The van der Waals surface area contributed by atoms with Crippen molar-refractivity contribution in [1.29, 1.82) is 0 Å². The van der Waals surface area contributed by atoms with Crippen LogP contribution in [0.3, 0.4) is 0 Å². The quantitative estimate of drug-likeness (QED) is 0.544. The third-order valence-electron chi connectivity index (χ3n) is 3.23. The van der Waals surface area contributed by atoms with E-state index in [1.807, 2.05) is 0 Å². The highest BCUT2D eigenvalue weighted by atomic mass is 14.2. The number of hydrogen-bond donors (Lipinski definition) is 0. The van der Waals surface area contributed by atoms with Gasteiger partial charge in [0, 0.05) is 0 Å². The molecule has 0 aromatic carbocycles. The minimum absolute atomic E-state index is 0.575. The maximum Gasteiger partial charge on any atom is -0.0230 e. The van der Waals surface area contributed by atoms with Gasteiger partial charge in [-0.15, -0.1) is 0 Å². The van der Waals surface area contributed by atoms with Crippen LogP contribution in [0.5, 0.6) is 0 Å². The van der Waals surface area contributed by atoms with E-state index in [-0.39, 0.29) is 0 Å². The molecular formula is C13H24. The van der Waals surface area contributed by atoms with Gasteiger partial charge in [0.15, 0.2) is 0 Å². The fourth-order valence-corrected chi connectivity index (χ4v) is 2.31. The predicted octanol–water partition coefficient (Wildman–Crippen LogP) is 4.56. The third-order valence-corrected chi connectivity index (χ3v) is 3.23. The van der Waals surface area contributed by atoms with Gasteiger partial charge in [-0.25, -0.2) is 0 Å². The van der Waals surface area contributed by atoms with E-state index in [1.165, 1.54) is 38.5 Å². The number of hydrogen-bond acceptors (Lipinski definition) is 0. The molecule has 0 aromatic heterocycles. The van der Waals surface area contributed by atoms with Crippen molar-refractivity contribution in [2.45, 2.75) is 59.3 Å². The molecule has 0 amide bonds. The molecular weight excluding hydrogens is 156 g/mol. The highest BCUT2D eigenvalue weighted by Gasteiger charge is 2.19. The molecule has 1 atom stereocenters. The lowest BCUT2D eigenvalue weighted by atomic mass is 9.81. The largest absolute Gasteiger partial charge is 0.0882 e. The molecule has 0 N–H and O–H groups in total. The molecule has 76 valence electrons. The lowest BCUT2D eigenvalue weighted by molar-refractivity contribution is 0.280. The number of allylic oxidation sites excluding steroid dienone is 2. The summed E-state index contributed by atoms with van der Waals surface area (Å²) >= 11 is 0. The van der Waals surface area contributed by atoms with Gasteiger partial charge in [-0.05, 0) is 43.4 Å². The second kappa shape index (κ2) is 4.83. The van der Waals surface area contributed by atoms with Gasteiger partial charge < -0.3 is 0 Å². The van der Waals surface area contributed by atoms with Crippen molar-refractivity contribution in [3.63, 3.8) is 0 Å². The summed E-state index contributed by atoms with van der Waals surface area (Å²) in [6.07, 6.45) is 13.0. The molecule has 1 aliphatic carbocycles. The Hall–Kier alpha value is -0.260. The second-order valence-corrected chi connectivity index (χ2v) is 5.22. The first-order valence-electron chi connectivity index (χ1n) is 5.81. The minimum atomic E-state index is 0.575. The van der Waals surface area contributed by atoms with Crippen molar-refractivity contribution < 1.29 is 0 Å². The monoisotopic (exact) mass is 180 g/mol. The van der Waals surface area contributed by atoms with E-state index in [1.54, 1.807) is 0 Å². The van der Waals surface area contributed by atoms with Crippen molar-refractivity contribution in [2.75, 3.05) is 0 Å². The fourth-order valence-electron chi connectivity index (χ4n) is 2.31. The van der Waals surface area contributed by atoms with Crippen LogP contribution in [0.4, 0.5) is 0 Å². The molecule has 1 aliphatic rings. The van der Waals surface area contributed by atoms with Gasteiger partial charge in [0.05, 0.1) is 0 Å². The van der Waals surface area contributed by atoms with Crippen molar-refractivity contribution in [3.8, 4) is 0 Å². The maximum atomic E-state index is 2.42. The Kier molecular flexibility index (Phi) is 4.02. The summed E-state index contributed by atoms with van der Waals surface area (Å²) in [7, 11) is 0. The van der Waals surface area contributed by atoms with Crippen LogP contribution in [-0.2, 0) is 0 Å². The Morgan fingerprint density at radius 3 is 2.62 bits per heavy atom. The van der Waals surface area contributed by atoms with Crippen LogP contribution < -0.4 is 0 Å². The second-order valence-electron chi connectivity index (χ2n) is 5.22. The smallest absolute Gasteiger partial charge is 0.0230 e. The molecule has 0 radical (unpaired) electrons. The SMILES string of the molecule is CCCC(C)(C)CCC1C=CCC1. The van der Waals surface area contributed by atoms with Crippen molar-refractivity contribution in [1.82, 2.24) is 0 Å². The van der Waals surface area contributed by atoms with Crippen LogP contribution in [0.15, 0.2) is 12.2 Å². The molecule has 0 heterocycles. The van der Waals surface area contributed by atoms with E-state index in [2.05, 4.69) is 32.9 Å². The Balaban J connectivity index is 2.20. The molecule has 0 aromatic rings. The molecule has 0 spiro atoms. The summed E-state index contributed by atoms with van der Waals surface area (Å²) in [6.45, 7) is 7.11. The van der Waals surface area contributed by atoms with Crippen LogP contribution >= 0.6 is 0 Å². The molecule has 0 nitrogen and oxygen atoms in total. The van der Waals surface area contributed by atoms with E-state index in [4.69, 9.17) is 0 Å². The summed E-state index contributed by atoms with van der Waals surface area (Å²) in [6, 6.07) is 0. The predicted molar refractivity (Wildman–Crippen MR) is 59.8 cm³/mol.